The van der Waals surface area contributed by atoms with Gasteiger partial charge in [-0.15, -0.1) is 5.41 Å². The second-order valence-electron chi connectivity index (χ2n) is 6.08. The van der Waals surface area contributed by atoms with Gasteiger partial charge in [-0.25, -0.2) is 0 Å². The van der Waals surface area contributed by atoms with Crippen molar-refractivity contribution in [3.05, 3.63) is 53.7 Å². The van der Waals surface area contributed by atoms with Crippen molar-refractivity contribution in [1.29, 1.82) is 0 Å². The van der Waals surface area contributed by atoms with Crippen LogP contribution in [0.5, 0.6) is 0 Å². The first kappa shape index (κ1) is 18.1. The van der Waals surface area contributed by atoms with E-state index in [4.69, 9.17) is 5.73 Å². The van der Waals surface area contributed by atoms with Crippen molar-refractivity contribution < 1.29 is 56.2 Å². The van der Waals surface area contributed by atoms with Crippen LogP contribution in [0.3, 0.4) is 0 Å². The molecule has 1 amide bonds. The molecule has 1 aliphatic carbocycles. The zero-order chi connectivity index (χ0) is 15.0. The zero-order valence-electron chi connectivity index (χ0n) is 13.4. The van der Waals surface area contributed by atoms with E-state index in [0.717, 1.165) is 35.9 Å². The Morgan fingerprint density at radius 1 is 1.27 bits per heavy atom. The van der Waals surface area contributed by atoms with Gasteiger partial charge in [0.05, 0.1) is 5.52 Å². The number of benzene rings is 1. The summed E-state index contributed by atoms with van der Waals surface area (Å²) in [6, 6.07) is 8.55. The van der Waals surface area contributed by atoms with Crippen LogP contribution in [0.25, 0.3) is 16.6 Å². The summed E-state index contributed by atoms with van der Waals surface area (Å²) in [6.07, 6.45) is 3.87. The van der Waals surface area contributed by atoms with Crippen molar-refractivity contribution in [2.24, 2.45) is 5.41 Å². The summed E-state index contributed by atoms with van der Waals surface area (Å²) in [6.45, 7) is 6.12. The Morgan fingerprint density at radius 3 is 2.50 bits per heavy atom. The summed E-state index contributed by atoms with van der Waals surface area (Å²) in [5.74, 6) is -0.536. The maximum absolute atomic E-state index is 11.5. The quantitative estimate of drug-likeness (QED) is 0.472. The third-order valence-corrected chi connectivity index (χ3v) is 4.66. The van der Waals surface area contributed by atoms with Gasteiger partial charge in [-0.3, -0.25) is 4.98 Å². The Balaban J connectivity index is 0.00000176. The topological polar surface area (TPSA) is 53.8 Å². The second kappa shape index (κ2) is 7.10. The molecule has 3 nitrogen and oxygen atoms in total. The third kappa shape index (κ3) is 3.46. The van der Waals surface area contributed by atoms with E-state index in [0.29, 0.717) is 12.8 Å². The van der Waals surface area contributed by atoms with Crippen LogP contribution >= 0.6 is 0 Å². The first-order chi connectivity index (χ1) is 10.0. The monoisotopic (exact) mass is 319 g/mol. The summed E-state index contributed by atoms with van der Waals surface area (Å²) in [4.78, 5) is 16.2. The number of hydrogen-bond donors (Lipinski definition) is 0. The average molecular weight is 319 g/mol. The Labute approximate surface area is 174 Å². The predicted octanol–water partition coefficient (Wildman–Crippen LogP) is 1.08. The van der Waals surface area contributed by atoms with E-state index in [-0.39, 0.29) is 51.4 Å². The molecule has 1 atom stereocenters. The minimum Gasteiger partial charge on any atom is -0.670 e. The fraction of sp³-hybridized carbons (Fsp3) is 0.389. The molecule has 0 fully saturated rings. The molecule has 0 aliphatic heterocycles. The van der Waals surface area contributed by atoms with Gasteiger partial charge >= 0.3 is 51.4 Å². The first-order valence-corrected chi connectivity index (χ1v) is 7.55. The molecule has 1 aromatic heterocycles. The van der Waals surface area contributed by atoms with E-state index in [1.807, 2.05) is 0 Å². The van der Waals surface area contributed by atoms with Gasteiger partial charge in [0, 0.05) is 17.0 Å². The van der Waals surface area contributed by atoms with Gasteiger partial charge in [-0.05, 0) is 48.6 Å². The molecule has 0 saturated carbocycles. The molecular formula is C18H20KN2O-. The van der Waals surface area contributed by atoms with E-state index in [2.05, 4.69) is 43.1 Å². The summed E-state index contributed by atoms with van der Waals surface area (Å²) < 4.78 is 0. The number of fused-ring (bicyclic) bond motifs is 2. The number of pyridine rings is 1. The summed E-state index contributed by atoms with van der Waals surface area (Å²) >= 11 is 0. The third-order valence-electron chi connectivity index (χ3n) is 4.66. The van der Waals surface area contributed by atoms with E-state index >= 15 is 0 Å². The van der Waals surface area contributed by atoms with Crippen LogP contribution in [0.4, 0.5) is 0 Å². The Bertz CT molecular complexity index is 714. The number of hydrogen-bond acceptors (Lipinski definition) is 2. The number of carbonyl (C=O) groups is 1. The number of nitrogens with zero attached hydrogens (tertiary/aromatic N) is 1. The number of amides is 1. The van der Waals surface area contributed by atoms with E-state index in [1.165, 1.54) is 11.1 Å². The fourth-order valence-electron chi connectivity index (χ4n) is 3.07. The summed E-state index contributed by atoms with van der Waals surface area (Å²) in [5.41, 5.74) is 11.4. The van der Waals surface area contributed by atoms with Gasteiger partial charge in [-0.2, -0.15) is 0 Å². The van der Waals surface area contributed by atoms with Gasteiger partial charge in [0.15, 0.2) is 0 Å². The van der Waals surface area contributed by atoms with Crippen LogP contribution < -0.4 is 51.4 Å². The summed E-state index contributed by atoms with van der Waals surface area (Å²) in [7, 11) is 0. The molecule has 1 aliphatic rings. The largest absolute Gasteiger partial charge is 1.00 e. The Morgan fingerprint density at radius 2 is 1.91 bits per heavy atom. The van der Waals surface area contributed by atoms with E-state index < -0.39 is 11.3 Å². The molecule has 1 heterocycles. The molecular weight excluding hydrogens is 299 g/mol. The van der Waals surface area contributed by atoms with Crippen molar-refractivity contribution in [2.75, 3.05) is 0 Å². The van der Waals surface area contributed by atoms with Crippen molar-refractivity contribution in [3.63, 3.8) is 0 Å². The predicted molar refractivity (Wildman–Crippen MR) is 84.9 cm³/mol. The average Bonchev–Trinajstić information content (AvgIpc) is 2.65. The van der Waals surface area contributed by atoms with Crippen LogP contribution in [0.2, 0.25) is 0 Å². The van der Waals surface area contributed by atoms with Gasteiger partial charge in [0.1, 0.15) is 0 Å². The van der Waals surface area contributed by atoms with Crippen molar-refractivity contribution in [3.8, 4) is 0 Å². The van der Waals surface area contributed by atoms with Gasteiger partial charge in [0.2, 0.25) is 0 Å². The number of aryl methyl sites for hydroxylation is 3. The second-order valence-corrected chi connectivity index (χ2v) is 6.08. The van der Waals surface area contributed by atoms with Crippen molar-refractivity contribution >= 4 is 16.8 Å². The molecule has 0 spiro atoms. The van der Waals surface area contributed by atoms with E-state index in [9.17, 15) is 4.79 Å². The molecule has 0 saturated heterocycles. The SMILES string of the molecule is [CH2-]C1(C([NH-])=O)CCc2cc3ccc(CC)nc3cc2CC1.[K+]. The maximum Gasteiger partial charge on any atom is 1.00 e. The number of rotatable bonds is 2. The summed E-state index contributed by atoms with van der Waals surface area (Å²) in [5, 5.41) is 1.15. The molecule has 1 N–H and O–H groups in total. The number of aromatic nitrogens is 1. The van der Waals surface area contributed by atoms with Crippen molar-refractivity contribution in [2.45, 2.75) is 39.0 Å². The van der Waals surface area contributed by atoms with Gasteiger partial charge < -0.3 is 17.5 Å². The molecule has 3 rings (SSSR count). The molecule has 4 heteroatoms. The van der Waals surface area contributed by atoms with Crippen LogP contribution in [0.15, 0.2) is 24.3 Å². The molecule has 0 radical (unpaired) electrons. The van der Waals surface area contributed by atoms with Gasteiger partial charge in [-0.1, -0.05) is 25.8 Å². The van der Waals surface area contributed by atoms with Crippen LogP contribution in [0.1, 0.15) is 36.6 Å². The normalized spacial score (nSPS) is 20.8. The minimum atomic E-state index is -0.743. The Hall–Kier alpha value is -0.264. The smallest absolute Gasteiger partial charge is 0.670 e. The zero-order valence-corrected chi connectivity index (χ0v) is 16.5. The number of nitrogens with one attached hydrogen (secondary N) is 1. The van der Waals surface area contributed by atoms with Crippen molar-refractivity contribution in [1.82, 2.24) is 4.98 Å². The first-order valence-electron chi connectivity index (χ1n) is 7.55. The molecule has 110 valence electrons. The standard InChI is InChI=1S/C18H21N2O.K/c1-3-15-5-4-14-10-12-6-8-18(2,17(19)21)9-7-13(12)11-16(14)20-15;/h4-5,10-11H,2-3,6-9H2,1H3,(H2,19,21);/q-1;+1/p-1. The molecule has 22 heavy (non-hydrogen) atoms. The van der Waals surface area contributed by atoms with Crippen LogP contribution in [0, 0.1) is 12.3 Å². The molecule has 1 aromatic carbocycles. The van der Waals surface area contributed by atoms with Crippen LogP contribution in [-0.2, 0) is 24.1 Å². The maximum atomic E-state index is 11.5. The molecule has 2 aromatic rings. The molecule has 0 bridgehead atoms. The van der Waals surface area contributed by atoms with E-state index in [1.54, 1.807) is 0 Å². The van der Waals surface area contributed by atoms with Crippen LogP contribution in [-0.4, -0.2) is 10.9 Å². The Kier molecular flexibility index (Phi) is 5.83. The van der Waals surface area contributed by atoms with Gasteiger partial charge in [0.25, 0.3) is 0 Å². The minimum absolute atomic E-state index is 0. The number of carbonyl (C=O) groups excluding carboxylic acids is 1. The fourth-order valence-corrected chi connectivity index (χ4v) is 3.07. The molecule has 1 unspecified atom stereocenters.